The van der Waals surface area contributed by atoms with Gasteiger partial charge in [0.15, 0.2) is 0 Å². The van der Waals surface area contributed by atoms with Crippen molar-refractivity contribution >= 4 is 17.5 Å². The van der Waals surface area contributed by atoms with Gasteiger partial charge in [-0.3, -0.25) is 4.79 Å². The summed E-state index contributed by atoms with van der Waals surface area (Å²) in [5.74, 6) is 0.793. The molecule has 0 fully saturated rings. The van der Waals surface area contributed by atoms with E-state index in [1.807, 2.05) is 55.5 Å². The monoisotopic (exact) mass is 303 g/mol. The highest BCUT2D eigenvalue weighted by Crippen LogP contribution is 2.16. The Morgan fingerprint density at radius 2 is 1.86 bits per heavy atom. The third-order valence-electron chi connectivity index (χ3n) is 3.08. The molecule has 1 amide bonds. The maximum Gasteiger partial charge on any atom is 0.223 e. The summed E-state index contributed by atoms with van der Waals surface area (Å²) in [6.45, 7) is 2.85. The third kappa shape index (κ3) is 5.12. The van der Waals surface area contributed by atoms with Crippen LogP contribution in [0.15, 0.2) is 48.5 Å². The van der Waals surface area contributed by atoms with E-state index in [1.165, 1.54) is 0 Å². The highest BCUT2D eigenvalue weighted by molar-refractivity contribution is 6.30. The summed E-state index contributed by atoms with van der Waals surface area (Å²) in [4.78, 5) is 11.7. The van der Waals surface area contributed by atoms with Crippen molar-refractivity contribution in [2.24, 2.45) is 0 Å². The van der Waals surface area contributed by atoms with Crippen molar-refractivity contribution in [2.45, 2.75) is 19.9 Å². The number of benzene rings is 2. The van der Waals surface area contributed by atoms with Gasteiger partial charge in [-0.1, -0.05) is 41.9 Å². The minimum atomic E-state index is -0.0291. The fraction of sp³-hybridized carbons (Fsp3) is 0.235. The van der Waals surface area contributed by atoms with E-state index < -0.39 is 0 Å². The Hall–Kier alpha value is -2.00. The number of carbonyl (C=O) groups excluding carboxylic acids is 1. The van der Waals surface area contributed by atoms with E-state index in [0.29, 0.717) is 24.6 Å². The zero-order valence-corrected chi connectivity index (χ0v) is 12.7. The highest BCUT2D eigenvalue weighted by Gasteiger charge is 2.03. The van der Waals surface area contributed by atoms with Gasteiger partial charge in [-0.05, 0) is 36.2 Å². The first-order chi connectivity index (χ1) is 10.1. The number of nitrogens with one attached hydrogen (secondary N) is 1. The smallest absolute Gasteiger partial charge is 0.223 e. The summed E-state index contributed by atoms with van der Waals surface area (Å²) in [6.07, 6.45) is 0.335. The van der Waals surface area contributed by atoms with Crippen LogP contribution in [0.3, 0.4) is 0 Å². The summed E-state index contributed by atoms with van der Waals surface area (Å²) < 4.78 is 5.60. The number of para-hydroxylation sites is 1. The molecule has 0 aliphatic heterocycles. The predicted molar refractivity (Wildman–Crippen MR) is 84.6 cm³/mol. The number of rotatable bonds is 6. The molecule has 0 saturated heterocycles. The number of amides is 1. The first kappa shape index (κ1) is 15.4. The van der Waals surface area contributed by atoms with Crippen molar-refractivity contribution in [3.8, 4) is 5.75 Å². The lowest BCUT2D eigenvalue weighted by atomic mass is 10.2. The van der Waals surface area contributed by atoms with Crippen LogP contribution in [0.25, 0.3) is 0 Å². The average Bonchev–Trinajstić information content (AvgIpc) is 2.49. The van der Waals surface area contributed by atoms with Gasteiger partial charge in [0.25, 0.3) is 0 Å². The Morgan fingerprint density at radius 1 is 1.14 bits per heavy atom. The molecule has 2 rings (SSSR count). The van der Waals surface area contributed by atoms with Gasteiger partial charge in [0.05, 0.1) is 13.0 Å². The molecule has 3 nitrogen and oxygen atoms in total. The number of hydrogen-bond acceptors (Lipinski definition) is 2. The summed E-state index contributed by atoms with van der Waals surface area (Å²) >= 11 is 5.81. The maximum atomic E-state index is 11.7. The van der Waals surface area contributed by atoms with Gasteiger partial charge < -0.3 is 10.1 Å². The highest BCUT2D eigenvalue weighted by atomic mass is 35.5. The maximum absolute atomic E-state index is 11.7. The van der Waals surface area contributed by atoms with Gasteiger partial charge in [0.1, 0.15) is 5.75 Å². The van der Waals surface area contributed by atoms with E-state index in [1.54, 1.807) is 0 Å². The molecule has 0 aliphatic rings. The van der Waals surface area contributed by atoms with Crippen molar-refractivity contribution in [1.29, 1.82) is 0 Å². The fourth-order valence-electron chi connectivity index (χ4n) is 1.86. The van der Waals surface area contributed by atoms with Crippen LogP contribution in [0, 0.1) is 6.92 Å². The van der Waals surface area contributed by atoms with E-state index in [4.69, 9.17) is 16.3 Å². The Bertz CT molecular complexity index is 596. The standard InChI is InChI=1S/C17H18ClNO2/c1-13-4-2-3-5-16(13)21-11-10-17(20)19-12-14-6-8-15(18)9-7-14/h2-9H,10-12H2,1H3,(H,19,20). The van der Waals surface area contributed by atoms with Gasteiger partial charge in [0, 0.05) is 11.6 Å². The van der Waals surface area contributed by atoms with Crippen LogP contribution in [0.4, 0.5) is 0 Å². The zero-order valence-electron chi connectivity index (χ0n) is 11.9. The largest absolute Gasteiger partial charge is 0.493 e. The van der Waals surface area contributed by atoms with Gasteiger partial charge >= 0.3 is 0 Å². The third-order valence-corrected chi connectivity index (χ3v) is 3.34. The molecule has 4 heteroatoms. The summed E-state index contributed by atoms with van der Waals surface area (Å²) in [6, 6.07) is 15.2. The first-order valence-corrected chi connectivity index (χ1v) is 7.22. The molecule has 0 aromatic heterocycles. The molecule has 21 heavy (non-hydrogen) atoms. The number of carbonyl (C=O) groups is 1. The van der Waals surface area contributed by atoms with Crippen LogP contribution in [-0.2, 0) is 11.3 Å². The van der Waals surface area contributed by atoms with Gasteiger partial charge in [-0.2, -0.15) is 0 Å². The lowest BCUT2D eigenvalue weighted by molar-refractivity contribution is -0.121. The second-order valence-corrected chi connectivity index (χ2v) is 5.20. The first-order valence-electron chi connectivity index (χ1n) is 6.85. The average molecular weight is 304 g/mol. The molecule has 0 spiro atoms. The van der Waals surface area contributed by atoms with Crippen molar-refractivity contribution in [2.75, 3.05) is 6.61 Å². The van der Waals surface area contributed by atoms with Crippen molar-refractivity contribution in [3.63, 3.8) is 0 Å². The van der Waals surface area contributed by atoms with Gasteiger partial charge in [-0.25, -0.2) is 0 Å². The SMILES string of the molecule is Cc1ccccc1OCCC(=O)NCc1ccc(Cl)cc1. The number of halogens is 1. The molecule has 1 N–H and O–H groups in total. The lowest BCUT2D eigenvalue weighted by Crippen LogP contribution is -2.24. The summed E-state index contributed by atoms with van der Waals surface area (Å²) in [7, 11) is 0. The van der Waals surface area contributed by atoms with E-state index in [0.717, 1.165) is 16.9 Å². The molecular formula is C17H18ClNO2. The lowest BCUT2D eigenvalue weighted by Gasteiger charge is -2.09. The topological polar surface area (TPSA) is 38.3 Å². The molecule has 110 valence electrons. The molecule has 0 atom stereocenters. The van der Waals surface area contributed by atoms with Crippen LogP contribution in [0.2, 0.25) is 5.02 Å². The Kier molecular flexibility index (Phi) is 5.64. The minimum Gasteiger partial charge on any atom is -0.493 e. The number of hydrogen-bond donors (Lipinski definition) is 1. The quantitative estimate of drug-likeness (QED) is 0.883. The second kappa shape index (κ2) is 7.70. The normalized spacial score (nSPS) is 10.2. The van der Waals surface area contributed by atoms with E-state index in [9.17, 15) is 4.79 Å². The fourth-order valence-corrected chi connectivity index (χ4v) is 1.99. The Labute approximate surface area is 129 Å². The van der Waals surface area contributed by atoms with Crippen LogP contribution >= 0.6 is 11.6 Å². The zero-order chi connectivity index (χ0) is 15.1. The van der Waals surface area contributed by atoms with E-state index >= 15 is 0 Å². The molecule has 0 radical (unpaired) electrons. The number of ether oxygens (including phenoxy) is 1. The summed E-state index contributed by atoms with van der Waals surface area (Å²) in [5, 5.41) is 3.55. The van der Waals surface area contributed by atoms with Gasteiger partial charge in [0.2, 0.25) is 5.91 Å². The molecular weight excluding hydrogens is 286 g/mol. The van der Waals surface area contributed by atoms with Crippen molar-refractivity contribution in [3.05, 3.63) is 64.7 Å². The molecule has 0 saturated carbocycles. The molecule has 0 bridgehead atoms. The molecule has 0 aliphatic carbocycles. The van der Waals surface area contributed by atoms with Crippen LogP contribution < -0.4 is 10.1 Å². The van der Waals surface area contributed by atoms with Crippen molar-refractivity contribution in [1.82, 2.24) is 5.32 Å². The molecule has 0 unspecified atom stereocenters. The second-order valence-electron chi connectivity index (χ2n) is 4.77. The predicted octanol–water partition coefficient (Wildman–Crippen LogP) is 3.73. The minimum absolute atomic E-state index is 0.0291. The summed E-state index contributed by atoms with van der Waals surface area (Å²) in [5.41, 5.74) is 2.09. The Morgan fingerprint density at radius 3 is 2.57 bits per heavy atom. The number of aryl methyl sites for hydroxylation is 1. The molecule has 2 aromatic carbocycles. The van der Waals surface area contributed by atoms with Crippen LogP contribution in [0.1, 0.15) is 17.5 Å². The van der Waals surface area contributed by atoms with Gasteiger partial charge in [-0.15, -0.1) is 0 Å². The molecule has 2 aromatic rings. The van der Waals surface area contributed by atoms with Crippen molar-refractivity contribution < 1.29 is 9.53 Å². The van der Waals surface area contributed by atoms with E-state index in [-0.39, 0.29) is 5.91 Å². The molecule has 0 heterocycles. The van der Waals surface area contributed by atoms with Crippen LogP contribution in [0.5, 0.6) is 5.75 Å². The Balaban J connectivity index is 1.70. The van der Waals surface area contributed by atoms with Crippen LogP contribution in [-0.4, -0.2) is 12.5 Å². The van der Waals surface area contributed by atoms with E-state index in [2.05, 4.69) is 5.32 Å².